The number of para-hydroxylation sites is 1. The first-order valence-corrected chi connectivity index (χ1v) is 8.37. The minimum absolute atomic E-state index is 0.0180. The van der Waals surface area contributed by atoms with Gasteiger partial charge in [0.05, 0.1) is 24.5 Å². The van der Waals surface area contributed by atoms with E-state index in [9.17, 15) is 4.79 Å². The molecule has 7 heteroatoms. The van der Waals surface area contributed by atoms with Gasteiger partial charge < -0.3 is 18.9 Å². The van der Waals surface area contributed by atoms with E-state index >= 15 is 0 Å². The second-order valence-electron chi connectivity index (χ2n) is 6.96. The molecule has 3 rings (SSSR count). The van der Waals surface area contributed by atoms with Gasteiger partial charge in [-0.05, 0) is 12.1 Å². The number of anilines is 1. The number of hydrogen-bond acceptors (Lipinski definition) is 7. The van der Waals surface area contributed by atoms with Crippen molar-refractivity contribution < 1.29 is 18.8 Å². The lowest BCUT2D eigenvalue weighted by atomic mass is 9.97. The maximum Gasteiger partial charge on any atom is 0.340 e. The Bertz CT molecular complexity index is 730. The van der Waals surface area contributed by atoms with E-state index in [1.54, 1.807) is 6.07 Å². The summed E-state index contributed by atoms with van der Waals surface area (Å²) in [5.41, 5.74) is 1.15. The number of esters is 1. The van der Waals surface area contributed by atoms with Crippen molar-refractivity contribution in [3.8, 4) is 0 Å². The third kappa shape index (κ3) is 4.17. The molecule has 25 heavy (non-hydrogen) atoms. The molecule has 1 aliphatic rings. The molecule has 134 valence electrons. The van der Waals surface area contributed by atoms with E-state index in [0.29, 0.717) is 30.5 Å². The zero-order valence-electron chi connectivity index (χ0n) is 14.8. The Morgan fingerprint density at radius 3 is 2.64 bits per heavy atom. The molecule has 0 radical (unpaired) electrons. The van der Waals surface area contributed by atoms with E-state index in [1.165, 1.54) is 0 Å². The molecular weight excluding hydrogens is 322 g/mol. The van der Waals surface area contributed by atoms with Gasteiger partial charge in [-0.3, -0.25) is 0 Å². The zero-order valence-corrected chi connectivity index (χ0v) is 14.8. The molecule has 0 spiro atoms. The summed E-state index contributed by atoms with van der Waals surface area (Å²) >= 11 is 0. The molecule has 2 heterocycles. The lowest BCUT2D eigenvalue weighted by molar-refractivity contribution is 0.0459. The predicted octanol–water partition coefficient (Wildman–Crippen LogP) is 2.56. The molecule has 0 unspecified atom stereocenters. The van der Waals surface area contributed by atoms with Crippen LogP contribution in [-0.2, 0) is 21.5 Å². The van der Waals surface area contributed by atoms with E-state index in [0.717, 1.165) is 18.8 Å². The summed E-state index contributed by atoms with van der Waals surface area (Å²) in [6, 6.07) is 7.43. The molecule has 1 saturated heterocycles. The van der Waals surface area contributed by atoms with Gasteiger partial charge in [-0.15, -0.1) is 0 Å². The molecule has 0 amide bonds. The Kier molecular flexibility index (Phi) is 5.03. The van der Waals surface area contributed by atoms with Crippen molar-refractivity contribution in [2.75, 3.05) is 31.2 Å². The fraction of sp³-hybridized carbons (Fsp3) is 0.500. The molecule has 1 aliphatic heterocycles. The minimum atomic E-state index is -0.399. The summed E-state index contributed by atoms with van der Waals surface area (Å²) in [5, 5.41) is 3.87. The fourth-order valence-electron chi connectivity index (χ4n) is 2.55. The standard InChI is InChI=1S/C18H23N3O4/c1-18(2,3)17-19-15(20-25-17)12-24-16(22)13-6-4-5-7-14(13)21-8-10-23-11-9-21/h4-7H,8-12H2,1-3H3. The second kappa shape index (κ2) is 7.23. The lowest BCUT2D eigenvalue weighted by Gasteiger charge is -2.30. The van der Waals surface area contributed by atoms with Crippen LogP contribution in [0.3, 0.4) is 0 Å². The van der Waals surface area contributed by atoms with Crippen LogP contribution < -0.4 is 4.90 Å². The number of rotatable bonds is 4. The highest BCUT2D eigenvalue weighted by Crippen LogP contribution is 2.23. The van der Waals surface area contributed by atoms with Crippen LogP contribution in [0.15, 0.2) is 28.8 Å². The average molecular weight is 345 g/mol. The molecule has 7 nitrogen and oxygen atoms in total. The van der Waals surface area contributed by atoms with Crippen LogP contribution in [0.4, 0.5) is 5.69 Å². The van der Waals surface area contributed by atoms with Gasteiger partial charge >= 0.3 is 5.97 Å². The van der Waals surface area contributed by atoms with Crippen LogP contribution in [0.1, 0.15) is 42.8 Å². The van der Waals surface area contributed by atoms with Crippen LogP contribution in [-0.4, -0.2) is 42.4 Å². The van der Waals surface area contributed by atoms with Gasteiger partial charge in [0.2, 0.25) is 11.7 Å². The summed E-state index contributed by atoms with van der Waals surface area (Å²) in [7, 11) is 0. The minimum Gasteiger partial charge on any atom is -0.454 e. The zero-order chi connectivity index (χ0) is 17.9. The molecule has 1 aromatic heterocycles. The SMILES string of the molecule is CC(C)(C)c1nc(COC(=O)c2ccccc2N2CCOCC2)no1. The number of carbonyl (C=O) groups is 1. The van der Waals surface area contributed by atoms with Gasteiger partial charge in [0.15, 0.2) is 6.61 Å². The van der Waals surface area contributed by atoms with E-state index in [2.05, 4.69) is 15.0 Å². The summed E-state index contributed by atoms with van der Waals surface area (Å²) < 4.78 is 16.0. The van der Waals surface area contributed by atoms with Gasteiger partial charge in [-0.1, -0.05) is 38.1 Å². The molecule has 0 atom stereocenters. The Morgan fingerprint density at radius 1 is 1.24 bits per heavy atom. The monoisotopic (exact) mass is 345 g/mol. The first-order chi connectivity index (χ1) is 11.9. The molecule has 1 fully saturated rings. The number of ether oxygens (including phenoxy) is 2. The maximum absolute atomic E-state index is 12.5. The Morgan fingerprint density at radius 2 is 1.96 bits per heavy atom. The van der Waals surface area contributed by atoms with Gasteiger partial charge in [0, 0.05) is 18.5 Å². The van der Waals surface area contributed by atoms with Crippen molar-refractivity contribution in [1.82, 2.24) is 10.1 Å². The topological polar surface area (TPSA) is 77.7 Å². The second-order valence-corrected chi connectivity index (χ2v) is 6.96. The van der Waals surface area contributed by atoms with Crippen LogP contribution in [0.2, 0.25) is 0 Å². The lowest BCUT2D eigenvalue weighted by Crippen LogP contribution is -2.37. The third-order valence-electron chi connectivity index (χ3n) is 3.92. The summed E-state index contributed by atoms with van der Waals surface area (Å²) in [6.07, 6.45) is 0. The fourth-order valence-corrected chi connectivity index (χ4v) is 2.55. The van der Waals surface area contributed by atoms with Crippen LogP contribution >= 0.6 is 0 Å². The molecule has 0 bridgehead atoms. The normalized spacial score (nSPS) is 15.2. The quantitative estimate of drug-likeness (QED) is 0.788. The first-order valence-electron chi connectivity index (χ1n) is 8.37. The molecule has 1 aromatic carbocycles. The average Bonchev–Trinajstić information content (AvgIpc) is 3.10. The largest absolute Gasteiger partial charge is 0.454 e. The highest BCUT2D eigenvalue weighted by Gasteiger charge is 2.23. The van der Waals surface area contributed by atoms with E-state index in [-0.39, 0.29) is 12.0 Å². The highest BCUT2D eigenvalue weighted by atomic mass is 16.5. The van der Waals surface area contributed by atoms with E-state index in [1.807, 2.05) is 39.0 Å². The highest BCUT2D eigenvalue weighted by molar-refractivity contribution is 5.95. The van der Waals surface area contributed by atoms with Crippen LogP contribution in [0.25, 0.3) is 0 Å². The smallest absolute Gasteiger partial charge is 0.340 e. The summed E-state index contributed by atoms with van der Waals surface area (Å²) in [4.78, 5) is 18.9. The van der Waals surface area contributed by atoms with Gasteiger partial charge in [0.25, 0.3) is 0 Å². The van der Waals surface area contributed by atoms with Crippen molar-refractivity contribution in [2.24, 2.45) is 0 Å². The molecule has 0 saturated carbocycles. The number of benzene rings is 1. The Balaban J connectivity index is 1.68. The van der Waals surface area contributed by atoms with Crippen molar-refractivity contribution in [3.63, 3.8) is 0 Å². The van der Waals surface area contributed by atoms with Gasteiger partial charge in [-0.2, -0.15) is 4.98 Å². The molecule has 0 N–H and O–H groups in total. The summed E-state index contributed by atoms with van der Waals surface area (Å²) in [5.74, 6) is 0.485. The maximum atomic E-state index is 12.5. The molecular formula is C18H23N3O4. The molecule has 0 aliphatic carbocycles. The number of hydrogen-bond donors (Lipinski definition) is 0. The van der Waals surface area contributed by atoms with Crippen molar-refractivity contribution in [2.45, 2.75) is 32.8 Å². The van der Waals surface area contributed by atoms with Crippen molar-refractivity contribution in [1.29, 1.82) is 0 Å². The number of morpholine rings is 1. The van der Waals surface area contributed by atoms with Crippen LogP contribution in [0.5, 0.6) is 0 Å². The number of aromatic nitrogens is 2. The Labute approximate surface area is 146 Å². The Hall–Kier alpha value is -2.41. The van der Waals surface area contributed by atoms with Gasteiger partial charge in [0.1, 0.15) is 0 Å². The summed E-state index contributed by atoms with van der Waals surface area (Å²) in [6.45, 7) is 8.74. The predicted molar refractivity (Wildman–Crippen MR) is 91.6 cm³/mol. The van der Waals surface area contributed by atoms with Crippen molar-refractivity contribution in [3.05, 3.63) is 41.5 Å². The van der Waals surface area contributed by atoms with E-state index < -0.39 is 5.97 Å². The number of carbonyl (C=O) groups excluding carboxylic acids is 1. The third-order valence-corrected chi connectivity index (χ3v) is 3.92. The first kappa shape index (κ1) is 17.4. The van der Waals surface area contributed by atoms with Crippen molar-refractivity contribution >= 4 is 11.7 Å². The molecule has 2 aromatic rings. The van der Waals surface area contributed by atoms with Gasteiger partial charge in [-0.25, -0.2) is 4.79 Å². The van der Waals surface area contributed by atoms with E-state index in [4.69, 9.17) is 14.0 Å². The van der Waals surface area contributed by atoms with Crippen LogP contribution in [0, 0.1) is 0 Å². The number of nitrogens with zero attached hydrogens (tertiary/aromatic N) is 3.